The molecule has 0 fully saturated rings. The molecule has 0 amide bonds. The average molecular weight is 675 g/mol. The van der Waals surface area contributed by atoms with Crippen LogP contribution in [0.15, 0.2) is 152 Å². The predicted molar refractivity (Wildman–Crippen MR) is 212 cm³/mol. The number of phenolic OH excluding ortho intramolecular Hbond substituents is 1. The zero-order valence-corrected chi connectivity index (χ0v) is 29.7. The van der Waals surface area contributed by atoms with E-state index in [0.717, 1.165) is 84.0 Å². The first-order chi connectivity index (χ1) is 25.2. The minimum Gasteiger partial charge on any atom is -0.507 e. The molecule has 0 unspecified atom stereocenters. The SMILES string of the molecule is CC1(C)c2ccc(-c3cn(-c4c(-c5ccccc5)cccc4-c4ccccc4)c(-c4ccnc5ccccc45)n3)nc2-c2c(O)cccc2C1(C)C. The number of nitrogens with zero attached hydrogens (tertiary/aromatic N) is 4. The Morgan fingerprint density at radius 3 is 1.88 bits per heavy atom. The van der Waals surface area contributed by atoms with Gasteiger partial charge in [0.05, 0.1) is 22.6 Å². The molecular weight excluding hydrogens is 637 g/mol. The van der Waals surface area contributed by atoms with E-state index in [1.165, 1.54) is 0 Å². The molecule has 0 saturated heterocycles. The maximum Gasteiger partial charge on any atom is 0.146 e. The van der Waals surface area contributed by atoms with E-state index >= 15 is 0 Å². The molecule has 1 aliphatic rings. The molecule has 3 heterocycles. The number of aromatic nitrogens is 4. The van der Waals surface area contributed by atoms with Crippen LogP contribution in [0, 0.1) is 0 Å². The van der Waals surface area contributed by atoms with Crippen molar-refractivity contribution in [2.24, 2.45) is 0 Å². The first-order valence-electron chi connectivity index (χ1n) is 17.8. The molecule has 0 radical (unpaired) electrons. The molecule has 0 saturated carbocycles. The van der Waals surface area contributed by atoms with Gasteiger partial charge in [-0.1, -0.05) is 143 Å². The van der Waals surface area contributed by atoms with Crippen LogP contribution in [0.5, 0.6) is 5.75 Å². The van der Waals surface area contributed by atoms with Gasteiger partial charge in [0.15, 0.2) is 0 Å². The van der Waals surface area contributed by atoms with E-state index in [9.17, 15) is 5.11 Å². The van der Waals surface area contributed by atoms with E-state index in [1.54, 1.807) is 6.07 Å². The summed E-state index contributed by atoms with van der Waals surface area (Å²) in [6.07, 6.45) is 3.98. The maximum atomic E-state index is 11.3. The Labute approximate surface area is 304 Å². The lowest BCUT2D eigenvalue weighted by Gasteiger charge is -2.47. The third-order valence-corrected chi connectivity index (χ3v) is 11.4. The van der Waals surface area contributed by atoms with Gasteiger partial charge in [-0.05, 0) is 51.9 Å². The second-order valence-electron chi connectivity index (χ2n) is 14.7. The molecule has 1 N–H and O–H groups in total. The number of phenols is 1. The maximum absolute atomic E-state index is 11.3. The molecule has 8 aromatic rings. The molecule has 5 aromatic carbocycles. The Kier molecular flexibility index (Phi) is 7.23. The van der Waals surface area contributed by atoms with E-state index in [1.807, 2.05) is 42.6 Å². The highest BCUT2D eigenvalue weighted by Crippen LogP contribution is 2.55. The van der Waals surface area contributed by atoms with Crippen LogP contribution in [0.1, 0.15) is 38.8 Å². The van der Waals surface area contributed by atoms with Crippen molar-refractivity contribution < 1.29 is 5.11 Å². The number of fused-ring (bicyclic) bond motifs is 4. The zero-order valence-electron chi connectivity index (χ0n) is 29.7. The van der Waals surface area contributed by atoms with E-state index in [0.29, 0.717) is 0 Å². The van der Waals surface area contributed by atoms with E-state index < -0.39 is 0 Å². The summed E-state index contributed by atoms with van der Waals surface area (Å²) in [5.74, 6) is 1.03. The van der Waals surface area contributed by atoms with Gasteiger partial charge >= 0.3 is 0 Å². The third kappa shape index (κ3) is 4.80. The minimum absolute atomic E-state index is 0.233. The summed E-state index contributed by atoms with van der Waals surface area (Å²) in [5.41, 5.74) is 12.1. The van der Waals surface area contributed by atoms with Gasteiger partial charge in [-0.15, -0.1) is 0 Å². The summed E-state index contributed by atoms with van der Waals surface area (Å²) >= 11 is 0. The van der Waals surface area contributed by atoms with Crippen LogP contribution in [0.25, 0.3) is 72.9 Å². The Morgan fingerprint density at radius 1 is 0.538 bits per heavy atom. The van der Waals surface area contributed by atoms with E-state index in [-0.39, 0.29) is 16.6 Å². The predicted octanol–water partition coefficient (Wildman–Crippen LogP) is 11.4. The number of para-hydroxylation sites is 2. The van der Waals surface area contributed by atoms with Crippen LogP contribution in [-0.2, 0) is 10.8 Å². The molecule has 3 aromatic heterocycles. The second-order valence-corrected chi connectivity index (χ2v) is 14.7. The Hall–Kier alpha value is -6.33. The van der Waals surface area contributed by atoms with Crippen molar-refractivity contribution in [3.63, 3.8) is 0 Å². The summed E-state index contributed by atoms with van der Waals surface area (Å²) < 4.78 is 2.24. The van der Waals surface area contributed by atoms with Gasteiger partial charge in [-0.2, -0.15) is 0 Å². The number of pyridine rings is 2. The standard InChI is InChI=1S/C47H38N4O/c1-46(2)36-22-14-24-41(52)42(36)43-37(47(46,3)4)25-26-39(49-43)40-29-51(45(50-40)35-27-28-48-38-23-12-11-19-34(35)38)44-32(30-15-7-5-8-16-30)20-13-21-33(44)31-17-9-6-10-18-31/h5-29,52H,1-4H3. The van der Waals surface area contributed by atoms with Gasteiger partial charge in [-0.25, -0.2) is 9.97 Å². The van der Waals surface area contributed by atoms with Gasteiger partial charge in [0.25, 0.3) is 0 Å². The average Bonchev–Trinajstić information content (AvgIpc) is 3.62. The quantitative estimate of drug-likeness (QED) is 0.197. The van der Waals surface area contributed by atoms with Crippen molar-refractivity contribution >= 4 is 10.9 Å². The highest BCUT2D eigenvalue weighted by atomic mass is 16.3. The molecule has 0 bridgehead atoms. The third-order valence-electron chi connectivity index (χ3n) is 11.4. The first kappa shape index (κ1) is 31.6. The number of rotatable bonds is 5. The molecular formula is C47H38N4O. The molecule has 252 valence electrons. The Bertz CT molecular complexity index is 2570. The van der Waals surface area contributed by atoms with Crippen LogP contribution in [0.4, 0.5) is 0 Å². The number of imidazole rings is 1. The van der Waals surface area contributed by atoms with E-state index in [4.69, 9.17) is 15.0 Å². The molecule has 5 heteroatoms. The van der Waals surface area contributed by atoms with Gasteiger partial charge < -0.3 is 5.11 Å². The van der Waals surface area contributed by atoms with Crippen LogP contribution in [0.2, 0.25) is 0 Å². The largest absolute Gasteiger partial charge is 0.507 e. The molecule has 1 aliphatic carbocycles. The topological polar surface area (TPSA) is 63.8 Å². The number of hydrogen-bond donors (Lipinski definition) is 1. The normalized spacial score (nSPS) is 14.2. The second kappa shape index (κ2) is 11.9. The fourth-order valence-corrected chi connectivity index (χ4v) is 7.94. The van der Waals surface area contributed by atoms with Crippen molar-refractivity contribution in [1.82, 2.24) is 19.5 Å². The van der Waals surface area contributed by atoms with Crippen molar-refractivity contribution in [2.45, 2.75) is 38.5 Å². The van der Waals surface area contributed by atoms with Crippen LogP contribution >= 0.6 is 0 Å². The highest BCUT2D eigenvalue weighted by Gasteiger charge is 2.47. The Morgan fingerprint density at radius 2 is 1.17 bits per heavy atom. The van der Waals surface area contributed by atoms with Gasteiger partial charge in [0.1, 0.15) is 17.3 Å². The summed E-state index contributed by atoms with van der Waals surface area (Å²) in [5, 5.41) is 12.3. The van der Waals surface area contributed by atoms with Gasteiger partial charge in [0, 0.05) is 45.4 Å². The molecule has 0 atom stereocenters. The molecule has 52 heavy (non-hydrogen) atoms. The van der Waals surface area contributed by atoms with Crippen molar-refractivity contribution in [1.29, 1.82) is 0 Å². The molecule has 5 nitrogen and oxygen atoms in total. The summed E-state index contributed by atoms with van der Waals surface area (Å²) in [7, 11) is 0. The number of hydrogen-bond acceptors (Lipinski definition) is 4. The summed E-state index contributed by atoms with van der Waals surface area (Å²) in [4.78, 5) is 15.5. The van der Waals surface area contributed by atoms with Crippen molar-refractivity contribution in [3.8, 4) is 67.7 Å². The summed E-state index contributed by atoms with van der Waals surface area (Å²) in [6, 6.07) is 47.9. The lowest BCUT2D eigenvalue weighted by molar-refractivity contribution is 0.296. The van der Waals surface area contributed by atoms with Crippen LogP contribution < -0.4 is 0 Å². The smallest absolute Gasteiger partial charge is 0.146 e. The van der Waals surface area contributed by atoms with Crippen molar-refractivity contribution in [3.05, 3.63) is 163 Å². The van der Waals surface area contributed by atoms with Crippen LogP contribution in [0.3, 0.4) is 0 Å². The molecule has 0 aliphatic heterocycles. The van der Waals surface area contributed by atoms with Gasteiger partial charge in [-0.3, -0.25) is 9.55 Å². The van der Waals surface area contributed by atoms with Crippen molar-refractivity contribution in [2.75, 3.05) is 0 Å². The zero-order chi connectivity index (χ0) is 35.6. The Balaban J connectivity index is 1.35. The lowest BCUT2D eigenvalue weighted by atomic mass is 9.56. The summed E-state index contributed by atoms with van der Waals surface area (Å²) in [6.45, 7) is 9.05. The number of benzene rings is 5. The first-order valence-corrected chi connectivity index (χ1v) is 17.8. The highest BCUT2D eigenvalue weighted by molar-refractivity contribution is 5.95. The fourth-order valence-electron chi connectivity index (χ4n) is 7.94. The van der Waals surface area contributed by atoms with E-state index in [2.05, 4.69) is 136 Å². The van der Waals surface area contributed by atoms with Crippen LogP contribution in [-0.4, -0.2) is 24.6 Å². The lowest BCUT2D eigenvalue weighted by Crippen LogP contribution is -2.43. The fraction of sp³-hybridized carbons (Fsp3) is 0.128. The molecule has 9 rings (SSSR count). The monoisotopic (exact) mass is 674 g/mol. The van der Waals surface area contributed by atoms with Gasteiger partial charge in [0.2, 0.25) is 0 Å². The number of aromatic hydroxyl groups is 1. The molecule has 0 spiro atoms. The minimum atomic E-state index is -0.242.